The Morgan fingerprint density at radius 1 is 1.05 bits per heavy atom. The summed E-state index contributed by atoms with van der Waals surface area (Å²) in [6.07, 6.45) is -1.26. The molecule has 0 bridgehead atoms. The first-order valence-corrected chi connectivity index (χ1v) is 5.60. The third-order valence-corrected chi connectivity index (χ3v) is 2.60. The standard InChI is InChI=1S/C14H11F3N2/c1-10(11-6-8-18-9-7-11)19-13-5-3-2-4-12(13)14(15,16)17/h2-9H,1H3. The van der Waals surface area contributed by atoms with Crippen LogP contribution >= 0.6 is 0 Å². The van der Waals surface area contributed by atoms with Gasteiger partial charge in [0.1, 0.15) is 0 Å². The monoisotopic (exact) mass is 264 g/mol. The van der Waals surface area contributed by atoms with Crippen molar-refractivity contribution in [3.63, 3.8) is 0 Å². The lowest BCUT2D eigenvalue weighted by Crippen LogP contribution is -2.05. The van der Waals surface area contributed by atoms with E-state index in [0.29, 0.717) is 5.71 Å². The molecule has 0 radical (unpaired) electrons. The number of hydrogen-bond donors (Lipinski definition) is 0. The lowest BCUT2D eigenvalue weighted by Gasteiger charge is -2.10. The minimum absolute atomic E-state index is 0.0793. The molecule has 0 unspecified atom stereocenters. The average Bonchev–Trinajstić information content (AvgIpc) is 2.39. The van der Waals surface area contributed by atoms with Crippen LogP contribution in [0, 0.1) is 0 Å². The van der Waals surface area contributed by atoms with Crippen molar-refractivity contribution in [1.82, 2.24) is 4.98 Å². The third kappa shape index (κ3) is 3.19. The second-order valence-electron chi connectivity index (χ2n) is 3.95. The molecule has 0 aliphatic rings. The van der Waals surface area contributed by atoms with E-state index in [-0.39, 0.29) is 5.69 Å². The number of para-hydroxylation sites is 1. The summed E-state index contributed by atoms with van der Waals surface area (Å²) in [5, 5.41) is 0. The maximum atomic E-state index is 12.8. The Kier molecular flexibility index (Phi) is 3.64. The van der Waals surface area contributed by atoms with Crippen LogP contribution in [0.15, 0.2) is 53.8 Å². The number of benzene rings is 1. The molecule has 2 rings (SSSR count). The number of alkyl halides is 3. The first-order valence-electron chi connectivity index (χ1n) is 5.60. The van der Waals surface area contributed by atoms with Gasteiger partial charge in [-0.2, -0.15) is 13.2 Å². The highest BCUT2D eigenvalue weighted by atomic mass is 19.4. The summed E-state index contributed by atoms with van der Waals surface area (Å²) in [4.78, 5) is 7.92. The number of rotatable bonds is 2. The molecular formula is C14H11F3N2. The summed E-state index contributed by atoms with van der Waals surface area (Å²) in [6.45, 7) is 1.67. The van der Waals surface area contributed by atoms with Crippen LogP contribution in [0.25, 0.3) is 0 Å². The fourth-order valence-corrected chi connectivity index (χ4v) is 1.65. The first-order chi connectivity index (χ1) is 8.98. The SMILES string of the molecule is CC(=Nc1ccccc1C(F)(F)F)c1ccncc1. The highest BCUT2D eigenvalue weighted by Gasteiger charge is 2.33. The highest BCUT2D eigenvalue weighted by molar-refractivity contribution is 6.00. The van der Waals surface area contributed by atoms with E-state index in [4.69, 9.17) is 0 Å². The van der Waals surface area contributed by atoms with E-state index >= 15 is 0 Å². The fraction of sp³-hybridized carbons (Fsp3) is 0.143. The number of halogens is 3. The van der Waals surface area contributed by atoms with E-state index in [1.165, 1.54) is 18.2 Å². The second-order valence-corrected chi connectivity index (χ2v) is 3.95. The van der Waals surface area contributed by atoms with Crippen molar-refractivity contribution < 1.29 is 13.2 Å². The Morgan fingerprint density at radius 3 is 2.32 bits per heavy atom. The molecule has 5 heteroatoms. The van der Waals surface area contributed by atoms with Crippen molar-refractivity contribution >= 4 is 11.4 Å². The number of aliphatic imine (C=N–C) groups is 1. The second kappa shape index (κ2) is 5.22. The van der Waals surface area contributed by atoms with Gasteiger partial charge in [0.15, 0.2) is 0 Å². The molecule has 0 N–H and O–H groups in total. The predicted molar refractivity (Wildman–Crippen MR) is 67.6 cm³/mol. The predicted octanol–water partition coefficient (Wildman–Crippen LogP) is 4.24. The maximum Gasteiger partial charge on any atom is 0.418 e. The van der Waals surface area contributed by atoms with Gasteiger partial charge < -0.3 is 0 Å². The quantitative estimate of drug-likeness (QED) is 0.745. The summed E-state index contributed by atoms with van der Waals surface area (Å²) in [5.41, 5.74) is 0.443. The van der Waals surface area contributed by atoms with Gasteiger partial charge in [0.2, 0.25) is 0 Å². The Bertz CT molecular complexity index is 589. The molecule has 0 amide bonds. The molecule has 1 heterocycles. The Balaban J connectivity index is 2.44. The van der Waals surface area contributed by atoms with Crippen LogP contribution in [-0.2, 0) is 6.18 Å². The first kappa shape index (κ1) is 13.3. The van der Waals surface area contributed by atoms with Gasteiger partial charge in [-0.3, -0.25) is 9.98 Å². The molecule has 0 spiro atoms. The molecule has 0 atom stereocenters. The summed E-state index contributed by atoms with van der Waals surface area (Å²) < 4.78 is 38.5. The smallest absolute Gasteiger partial charge is 0.265 e. The van der Waals surface area contributed by atoms with Crippen LogP contribution in [-0.4, -0.2) is 10.7 Å². The van der Waals surface area contributed by atoms with Gasteiger partial charge in [-0.05, 0) is 36.8 Å². The molecule has 98 valence electrons. The van der Waals surface area contributed by atoms with Gasteiger partial charge in [-0.1, -0.05) is 12.1 Å². The zero-order chi connectivity index (χ0) is 13.9. The fourth-order valence-electron chi connectivity index (χ4n) is 1.65. The third-order valence-electron chi connectivity index (χ3n) is 2.60. The van der Waals surface area contributed by atoms with Gasteiger partial charge in [0.25, 0.3) is 0 Å². The Morgan fingerprint density at radius 2 is 1.68 bits per heavy atom. The highest BCUT2D eigenvalue weighted by Crippen LogP contribution is 2.36. The summed E-state index contributed by atoms with van der Waals surface area (Å²) in [6, 6.07) is 8.67. The molecule has 1 aromatic heterocycles. The summed E-state index contributed by atoms with van der Waals surface area (Å²) >= 11 is 0. The topological polar surface area (TPSA) is 25.2 Å². The van der Waals surface area contributed by atoms with Crippen LogP contribution in [0.1, 0.15) is 18.1 Å². The molecule has 0 aliphatic carbocycles. The van der Waals surface area contributed by atoms with Crippen molar-refractivity contribution in [3.8, 4) is 0 Å². The zero-order valence-corrected chi connectivity index (χ0v) is 10.1. The van der Waals surface area contributed by atoms with Gasteiger partial charge in [0, 0.05) is 18.1 Å². The number of aromatic nitrogens is 1. The molecule has 0 saturated carbocycles. The Hall–Kier alpha value is -2.17. The number of hydrogen-bond acceptors (Lipinski definition) is 2. The van der Waals surface area contributed by atoms with E-state index < -0.39 is 11.7 Å². The van der Waals surface area contributed by atoms with Crippen molar-refractivity contribution in [3.05, 3.63) is 59.9 Å². The van der Waals surface area contributed by atoms with Gasteiger partial charge in [-0.25, -0.2) is 0 Å². The minimum Gasteiger partial charge on any atom is -0.265 e. The molecular weight excluding hydrogens is 253 g/mol. The maximum absolute atomic E-state index is 12.8. The summed E-state index contributed by atoms with van der Waals surface area (Å²) in [5.74, 6) is 0. The van der Waals surface area contributed by atoms with E-state index in [0.717, 1.165) is 11.6 Å². The lowest BCUT2D eigenvalue weighted by atomic mass is 10.1. The lowest BCUT2D eigenvalue weighted by molar-refractivity contribution is -0.137. The molecule has 2 aromatic rings. The van der Waals surface area contributed by atoms with Crippen LogP contribution in [0.4, 0.5) is 18.9 Å². The van der Waals surface area contributed by atoms with Crippen LogP contribution in [0.5, 0.6) is 0 Å². The molecule has 2 nitrogen and oxygen atoms in total. The number of nitrogens with zero attached hydrogens (tertiary/aromatic N) is 2. The van der Waals surface area contributed by atoms with Crippen LogP contribution in [0.3, 0.4) is 0 Å². The van der Waals surface area contributed by atoms with Gasteiger partial charge in [-0.15, -0.1) is 0 Å². The Labute approximate surface area is 108 Å². The van der Waals surface area contributed by atoms with E-state index in [1.807, 2.05) is 0 Å². The van der Waals surface area contributed by atoms with Gasteiger partial charge >= 0.3 is 6.18 Å². The number of pyridine rings is 1. The van der Waals surface area contributed by atoms with Crippen LogP contribution < -0.4 is 0 Å². The molecule has 0 fully saturated rings. The average molecular weight is 264 g/mol. The van der Waals surface area contributed by atoms with Gasteiger partial charge in [0.05, 0.1) is 11.3 Å². The molecule has 0 saturated heterocycles. The van der Waals surface area contributed by atoms with Crippen molar-refractivity contribution in [2.45, 2.75) is 13.1 Å². The van der Waals surface area contributed by atoms with Crippen molar-refractivity contribution in [1.29, 1.82) is 0 Å². The van der Waals surface area contributed by atoms with Crippen molar-refractivity contribution in [2.24, 2.45) is 4.99 Å². The van der Waals surface area contributed by atoms with Crippen LogP contribution in [0.2, 0.25) is 0 Å². The van der Waals surface area contributed by atoms with E-state index in [2.05, 4.69) is 9.98 Å². The molecule has 1 aromatic carbocycles. The van der Waals surface area contributed by atoms with E-state index in [1.54, 1.807) is 31.5 Å². The van der Waals surface area contributed by atoms with E-state index in [9.17, 15) is 13.2 Å². The normalized spacial score (nSPS) is 12.5. The molecule has 0 aliphatic heterocycles. The van der Waals surface area contributed by atoms with Crippen molar-refractivity contribution in [2.75, 3.05) is 0 Å². The molecule has 19 heavy (non-hydrogen) atoms. The summed E-state index contributed by atoms with van der Waals surface area (Å²) in [7, 11) is 0. The largest absolute Gasteiger partial charge is 0.418 e. The minimum atomic E-state index is -4.40. The zero-order valence-electron chi connectivity index (χ0n) is 10.1.